The molecule has 2 aromatic heterocycles. The van der Waals surface area contributed by atoms with Crippen molar-refractivity contribution in [1.82, 2.24) is 19.7 Å². The standard InChI is InChI=1S/C20H19Cl2N5O3S2/c1-4-8-27-17(12-6-7-13(21)14(22)9-12)25-26-20(27)31-10-15(28)24-19-23-11(3)16(32-19)18(29)30-5-2/h4,6-7,9H,1,5,8,10H2,2-3H3,(H,23,24,28). The topological polar surface area (TPSA) is 99.0 Å². The Balaban J connectivity index is 1.70. The van der Waals surface area contributed by atoms with Gasteiger partial charge in [-0.05, 0) is 32.0 Å². The van der Waals surface area contributed by atoms with Gasteiger partial charge in [-0.25, -0.2) is 9.78 Å². The third-order valence-electron chi connectivity index (χ3n) is 4.04. The van der Waals surface area contributed by atoms with E-state index in [0.717, 1.165) is 16.9 Å². The highest BCUT2D eigenvalue weighted by Gasteiger charge is 2.19. The number of esters is 1. The van der Waals surface area contributed by atoms with Crippen molar-refractivity contribution in [2.45, 2.75) is 25.5 Å². The normalized spacial score (nSPS) is 10.8. The molecule has 0 radical (unpaired) electrons. The summed E-state index contributed by atoms with van der Waals surface area (Å²) in [5.74, 6) is -0.0848. The number of amides is 1. The zero-order valence-electron chi connectivity index (χ0n) is 17.2. The van der Waals surface area contributed by atoms with E-state index in [1.165, 1.54) is 11.8 Å². The van der Waals surface area contributed by atoms with Gasteiger partial charge in [-0.15, -0.1) is 16.8 Å². The van der Waals surface area contributed by atoms with Crippen LogP contribution in [0.2, 0.25) is 10.0 Å². The zero-order chi connectivity index (χ0) is 23.3. The van der Waals surface area contributed by atoms with Crippen LogP contribution in [0.1, 0.15) is 22.3 Å². The van der Waals surface area contributed by atoms with Gasteiger partial charge in [0.1, 0.15) is 4.88 Å². The summed E-state index contributed by atoms with van der Waals surface area (Å²) < 4.78 is 6.82. The van der Waals surface area contributed by atoms with Crippen molar-refractivity contribution in [3.05, 3.63) is 51.5 Å². The van der Waals surface area contributed by atoms with E-state index in [0.29, 0.717) is 43.3 Å². The molecule has 0 unspecified atom stereocenters. The molecule has 3 aromatic rings. The van der Waals surface area contributed by atoms with Gasteiger partial charge in [-0.3, -0.25) is 9.36 Å². The van der Waals surface area contributed by atoms with Gasteiger partial charge in [-0.1, -0.05) is 52.4 Å². The minimum absolute atomic E-state index is 0.0734. The fourth-order valence-electron chi connectivity index (χ4n) is 2.66. The number of nitrogens with zero attached hydrogens (tertiary/aromatic N) is 4. The summed E-state index contributed by atoms with van der Waals surface area (Å²) in [5.41, 5.74) is 1.25. The van der Waals surface area contributed by atoms with Gasteiger partial charge in [0, 0.05) is 12.1 Å². The van der Waals surface area contributed by atoms with Crippen molar-refractivity contribution in [2.24, 2.45) is 0 Å². The van der Waals surface area contributed by atoms with E-state index in [-0.39, 0.29) is 18.3 Å². The monoisotopic (exact) mass is 511 g/mol. The summed E-state index contributed by atoms with van der Waals surface area (Å²) in [4.78, 5) is 29.0. The maximum atomic E-state index is 12.4. The van der Waals surface area contributed by atoms with Crippen LogP contribution in [-0.4, -0.2) is 44.0 Å². The first-order valence-electron chi connectivity index (χ1n) is 9.40. The molecule has 0 bridgehead atoms. The van der Waals surface area contributed by atoms with E-state index in [1.54, 1.807) is 38.1 Å². The van der Waals surface area contributed by atoms with Crippen LogP contribution in [0.3, 0.4) is 0 Å². The van der Waals surface area contributed by atoms with Gasteiger partial charge in [0.25, 0.3) is 0 Å². The number of anilines is 1. The number of thioether (sulfide) groups is 1. The largest absolute Gasteiger partial charge is 0.462 e. The van der Waals surface area contributed by atoms with Crippen molar-refractivity contribution in [2.75, 3.05) is 17.7 Å². The number of carbonyl (C=O) groups excluding carboxylic acids is 2. The predicted molar refractivity (Wildman–Crippen MR) is 128 cm³/mol. The number of hydrogen-bond donors (Lipinski definition) is 1. The van der Waals surface area contributed by atoms with Crippen LogP contribution in [0.25, 0.3) is 11.4 Å². The fourth-order valence-corrected chi connectivity index (χ4v) is 4.58. The van der Waals surface area contributed by atoms with Gasteiger partial charge < -0.3 is 10.1 Å². The lowest BCUT2D eigenvalue weighted by Crippen LogP contribution is -2.14. The number of thiazole rings is 1. The lowest BCUT2D eigenvalue weighted by atomic mass is 10.2. The highest BCUT2D eigenvalue weighted by Crippen LogP contribution is 2.30. The van der Waals surface area contributed by atoms with Crippen LogP contribution in [0.15, 0.2) is 36.0 Å². The molecule has 0 saturated carbocycles. The van der Waals surface area contributed by atoms with E-state index in [4.69, 9.17) is 27.9 Å². The number of ether oxygens (including phenoxy) is 1. The smallest absolute Gasteiger partial charge is 0.350 e. The molecule has 0 aliphatic heterocycles. The van der Waals surface area contributed by atoms with Crippen molar-refractivity contribution in [3.63, 3.8) is 0 Å². The lowest BCUT2D eigenvalue weighted by molar-refractivity contribution is -0.113. The van der Waals surface area contributed by atoms with Crippen molar-refractivity contribution in [1.29, 1.82) is 0 Å². The average molecular weight is 512 g/mol. The molecule has 8 nitrogen and oxygen atoms in total. The molecule has 1 amide bonds. The first kappa shape index (κ1) is 24.2. The Morgan fingerprint density at radius 2 is 2.09 bits per heavy atom. The second-order valence-corrected chi connectivity index (χ2v) is 9.08. The summed E-state index contributed by atoms with van der Waals surface area (Å²) >= 11 is 14.4. The number of hydrogen-bond acceptors (Lipinski definition) is 8. The molecule has 32 heavy (non-hydrogen) atoms. The minimum atomic E-state index is -0.454. The third-order valence-corrected chi connectivity index (χ3v) is 6.80. The minimum Gasteiger partial charge on any atom is -0.462 e. The Hall–Kier alpha value is -2.40. The maximum absolute atomic E-state index is 12.4. The van der Waals surface area contributed by atoms with E-state index in [1.807, 2.05) is 4.57 Å². The molecule has 1 N–H and O–H groups in total. The van der Waals surface area contributed by atoms with Crippen LogP contribution in [0, 0.1) is 6.92 Å². The maximum Gasteiger partial charge on any atom is 0.350 e. The first-order chi connectivity index (χ1) is 15.3. The van der Waals surface area contributed by atoms with Crippen LogP contribution >= 0.6 is 46.3 Å². The second kappa shape index (κ2) is 11.0. The molecule has 0 aliphatic rings. The Labute approximate surface area is 203 Å². The van der Waals surface area contributed by atoms with E-state index < -0.39 is 5.97 Å². The molecular weight excluding hydrogens is 493 g/mol. The molecule has 12 heteroatoms. The first-order valence-corrected chi connectivity index (χ1v) is 12.0. The van der Waals surface area contributed by atoms with Gasteiger partial charge in [0.15, 0.2) is 16.1 Å². The molecule has 3 rings (SSSR count). The molecule has 0 atom stereocenters. The number of rotatable bonds is 9. The highest BCUT2D eigenvalue weighted by molar-refractivity contribution is 7.99. The van der Waals surface area contributed by atoms with Crippen LogP contribution < -0.4 is 5.32 Å². The van der Waals surface area contributed by atoms with Crippen LogP contribution in [-0.2, 0) is 16.1 Å². The Morgan fingerprint density at radius 1 is 1.31 bits per heavy atom. The summed E-state index contributed by atoms with van der Waals surface area (Å²) in [7, 11) is 0. The number of aromatic nitrogens is 4. The summed E-state index contributed by atoms with van der Waals surface area (Å²) in [6, 6.07) is 5.19. The molecule has 0 spiro atoms. The third kappa shape index (κ3) is 5.69. The molecule has 0 aliphatic carbocycles. The average Bonchev–Trinajstić information content (AvgIpc) is 3.32. The summed E-state index contributed by atoms with van der Waals surface area (Å²) in [5, 5.41) is 12.9. The number of halogens is 2. The molecule has 1 aromatic carbocycles. The molecule has 0 fully saturated rings. The van der Waals surface area contributed by atoms with Crippen LogP contribution in [0.5, 0.6) is 0 Å². The molecule has 168 valence electrons. The van der Waals surface area contributed by atoms with E-state index in [2.05, 4.69) is 27.1 Å². The number of benzene rings is 1. The predicted octanol–water partition coefficient (Wildman–Crippen LogP) is 5.11. The van der Waals surface area contributed by atoms with E-state index in [9.17, 15) is 9.59 Å². The number of nitrogens with one attached hydrogen (secondary N) is 1. The van der Waals surface area contributed by atoms with Gasteiger partial charge in [-0.2, -0.15) is 0 Å². The second-order valence-electron chi connectivity index (χ2n) is 6.33. The van der Waals surface area contributed by atoms with E-state index >= 15 is 0 Å². The number of allylic oxidation sites excluding steroid dienone is 1. The summed E-state index contributed by atoms with van der Waals surface area (Å²) in [6.07, 6.45) is 1.71. The molecular formula is C20H19Cl2N5O3S2. The zero-order valence-corrected chi connectivity index (χ0v) is 20.4. The summed E-state index contributed by atoms with van der Waals surface area (Å²) in [6.45, 7) is 7.91. The van der Waals surface area contributed by atoms with Gasteiger partial charge in [0.2, 0.25) is 5.91 Å². The van der Waals surface area contributed by atoms with Crippen LogP contribution in [0.4, 0.5) is 5.13 Å². The SMILES string of the molecule is C=CCn1c(SCC(=O)Nc2nc(C)c(C(=O)OCC)s2)nnc1-c1ccc(Cl)c(Cl)c1. The lowest BCUT2D eigenvalue weighted by Gasteiger charge is -2.08. The van der Waals surface area contributed by atoms with Gasteiger partial charge in [0.05, 0.1) is 28.1 Å². The quantitative estimate of drug-likeness (QED) is 0.242. The van der Waals surface area contributed by atoms with Gasteiger partial charge >= 0.3 is 5.97 Å². The number of carbonyl (C=O) groups is 2. The molecule has 2 heterocycles. The Bertz CT molecular complexity index is 1160. The van der Waals surface area contributed by atoms with Crippen molar-refractivity contribution < 1.29 is 14.3 Å². The van der Waals surface area contributed by atoms with Crippen molar-refractivity contribution in [3.8, 4) is 11.4 Å². The fraction of sp³-hybridized carbons (Fsp3) is 0.250. The van der Waals surface area contributed by atoms with Crippen molar-refractivity contribution >= 4 is 63.3 Å². The number of aryl methyl sites for hydroxylation is 1. The molecule has 0 saturated heterocycles. The Morgan fingerprint density at radius 3 is 2.78 bits per heavy atom. The Kier molecular flexibility index (Phi) is 8.30. The highest BCUT2D eigenvalue weighted by atomic mass is 35.5.